The van der Waals surface area contributed by atoms with Gasteiger partial charge in [0.2, 0.25) is 0 Å². The van der Waals surface area contributed by atoms with Crippen molar-refractivity contribution in [1.29, 1.82) is 0 Å². The summed E-state index contributed by atoms with van der Waals surface area (Å²) in [6, 6.07) is 9.20. The number of rotatable bonds is 9. The van der Waals surface area contributed by atoms with E-state index < -0.39 is 5.82 Å². The standard InChI is InChI=1S/C21H22FNO4S/c1-14(2)26-12-4-10-23-20(24)18(15-6-8-16(22)9-7-15)19(21(23)25)28-13-17-5-3-11-27-17/h3,5-9,11,14H,4,10,12-13H2,1-2H3. The van der Waals surface area contributed by atoms with Crippen LogP contribution < -0.4 is 0 Å². The van der Waals surface area contributed by atoms with E-state index >= 15 is 0 Å². The Kier molecular flexibility index (Phi) is 6.70. The minimum absolute atomic E-state index is 0.0947. The first-order chi connectivity index (χ1) is 13.5. The maximum Gasteiger partial charge on any atom is 0.267 e. The van der Waals surface area contributed by atoms with Crippen LogP contribution in [-0.4, -0.2) is 36.0 Å². The Bertz CT molecular complexity index is 859. The Hall–Kier alpha value is -2.38. The fraction of sp³-hybridized carbons (Fsp3) is 0.333. The van der Waals surface area contributed by atoms with Crippen LogP contribution >= 0.6 is 11.8 Å². The van der Waals surface area contributed by atoms with E-state index in [4.69, 9.17) is 9.15 Å². The number of ether oxygens (including phenoxy) is 1. The summed E-state index contributed by atoms with van der Waals surface area (Å²) in [5.74, 6) is 0.0539. The average Bonchev–Trinajstić information content (AvgIpc) is 3.25. The van der Waals surface area contributed by atoms with E-state index in [-0.39, 0.29) is 24.5 Å². The van der Waals surface area contributed by atoms with Crippen molar-refractivity contribution in [3.8, 4) is 0 Å². The lowest BCUT2D eigenvalue weighted by molar-refractivity contribution is -0.136. The molecular formula is C21H22FNO4S. The zero-order valence-corrected chi connectivity index (χ0v) is 16.6. The number of nitrogens with zero attached hydrogens (tertiary/aromatic N) is 1. The van der Waals surface area contributed by atoms with E-state index in [1.807, 2.05) is 19.9 Å². The molecule has 5 nitrogen and oxygen atoms in total. The normalized spacial score (nSPS) is 14.6. The molecule has 1 aliphatic heterocycles. The van der Waals surface area contributed by atoms with Crippen LogP contribution in [0.15, 0.2) is 52.0 Å². The third-order valence-corrected chi connectivity index (χ3v) is 5.27. The Morgan fingerprint density at radius 3 is 2.54 bits per heavy atom. The quantitative estimate of drug-likeness (QED) is 0.463. The molecule has 1 aromatic carbocycles. The molecule has 0 aliphatic carbocycles. The molecule has 1 aliphatic rings. The van der Waals surface area contributed by atoms with Crippen LogP contribution in [0.3, 0.4) is 0 Å². The lowest BCUT2D eigenvalue weighted by Crippen LogP contribution is -2.33. The molecule has 2 aromatic rings. The van der Waals surface area contributed by atoms with Gasteiger partial charge in [-0.25, -0.2) is 4.39 Å². The third kappa shape index (κ3) is 4.72. The number of furan rings is 1. The smallest absolute Gasteiger partial charge is 0.267 e. The molecule has 0 radical (unpaired) electrons. The van der Waals surface area contributed by atoms with Crippen LogP contribution in [0.2, 0.25) is 0 Å². The highest BCUT2D eigenvalue weighted by atomic mass is 32.2. The first-order valence-corrected chi connectivity index (χ1v) is 10.1. The number of benzene rings is 1. The van der Waals surface area contributed by atoms with Crippen molar-refractivity contribution in [2.45, 2.75) is 32.1 Å². The summed E-state index contributed by atoms with van der Waals surface area (Å²) in [6.45, 7) is 4.61. The van der Waals surface area contributed by atoms with Crippen molar-refractivity contribution in [2.75, 3.05) is 13.2 Å². The van der Waals surface area contributed by atoms with Gasteiger partial charge in [-0.2, -0.15) is 0 Å². The molecule has 2 amide bonds. The molecule has 3 rings (SSSR count). The number of imide groups is 1. The van der Waals surface area contributed by atoms with Gasteiger partial charge in [0, 0.05) is 13.2 Å². The summed E-state index contributed by atoms with van der Waals surface area (Å²) in [7, 11) is 0. The molecule has 1 aromatic heterocycles. The zero-order valence-electron chi connectivity index (χ0n) is 15.8. The Balaban J connectivity index is 1.81. The van der Waals surface area contributed by atoms with E-state index in [0.29, 0.717) is 40.6 Å². The van der Waals surface area contributed by atoms with E-state index in [1.54, 1.807) is 12.3 Å². The first-order valence-electron chi connectivity index (χ1n) is 9.10. The fourth-order valence-electron chi connectivity index (χ4n) is 2.84. The SMILES string of the molecule is CC(C)OCCCN1C(=O)C(SCc2ccco2)=C(c2ccc(F)cc2)C1=O. The number of carbonyl (C=O) groups excluding carboxylic acids is 2. The summed E-state index contributed by atoms with van der Waals surface area (Å²) < 4.78 is 24.1. The summed E-state index contributed by atoms with van der Waals surface area (Å²) in [5.41, 5.74) is 0.842. The van der Waals surface area contributed by atoms with Gasteiger partial charge in [0.1, 0.15) is 11.6 Å². The Morgan fingerprint density at radius 2 is 1.89 bits per heavy atom. The van der Waals surface area contributed by atoms with Gasteiger partial charge in [0.25, 0.3) is 11.8 Å². The first kappa shape index (κ1) is 20.4. The molecular weight excluding hydrogens is 381 g/mol. The van der Waals surface area contributed by atoms with Gasteiger partial charge in [0.15, 0.2) is 0 Å². The second-order valence-electron chi connectivity index (χ2n) is 6.61. The molecule has 0 bridgehead atoms. The molecule has 0 N–H and O–H groups in total. The van der Waals surface area contributed by atoms with Gasteiger partial charge in [-0.15, -0.1) is 11.8 Å². The molecule has 0 saturated heterocycles. The summed E-state index contributed by atoms with van der Waals surface area (Å²) in [6.07, 6.45) is 2.22. The van der Waals surface area contributed by atoms with Crippen molar-refractivity contribution in [3.63, 3.8) is 0 Å². The van der Waals surface area contributed by atoms with E-state index in [9.17, 15) is 14.0 Å². The number of hydrogen-bond donors (Lipinski definition) is 0. The Morgan fingerprint density at radius 1 is 1.14 bits per heavy atom. The average molecular weight is 403 g/mol. The monoisotopic (exact) mass is 403 g/mol. The molecule has 2 heterocycles. The molecule has 148 valence electrons. The third-order valence-electron chi connectivity index (χ3n) is 4.17. The van der Waals surface area contributed by atoms with Crippen LogP contribution in [0.1, 0.15) is 31.6 Å². The molecule has 0 fully saturated rings. The van der Waals surface area contributed by atoms with Crippen LogP contribution in [0.5, 0.6) is 0 Å². The van der Waals surface area contributed by atoms with Gasteiger partial charge < -0.3 is 9.15 Å². The Labute approximate surface area is 167 Å². The number of amides is 2. The van der Waals surface area contributed by atoms with Gasteiger partial charge in [-0.3, -0.25) is 14.5 Å². The number of thioether (sulfide) groups is 1. The number of hydrogen-bond acceptors (Lipinski definition) is 5. The summed E-state index contributed by atoms with van der Waals surface area (Å²) in [4.78, 5) is 27.5. The van der Waals surface area contributed by atoms with E-state index in [2.05, 4.69) is 0 Å². The predicted octanol–water partition coefficient (Wildman–Crippen LogP) is 4.25. The van der Waals surface area contributed by atoms with Crippen LogP contribution in [0.4, 0.5) is 4.39 Å². The predicted molar refractivity (Wildman–Crippen MR) is 106 cm³/mol. The minimum atomic E-state index is -0.395. The summed E-state index contributed by atoms with van der Waals surface area (Å²) in [5, 5.41) is 0. The topological polar surface area (TPSA) is 59.8 Å². The van der Waals surface area contributed by atoms with Crippen LogP contribution in [0.25, 0.3) is 5.57 Å². The van der Waals surface area contributed by atoms with Gasteiger partial charge in [0.05, 0.1) is 28.6 Å². The van der Waals surface area contributed by atoms with Gasteiger partial charge >= 0.3 is 0 Å². The lowest BCUT2D eigenvalue weighted by atomic mass is 10.1. The molecule has 28 heavy (non-hydrogen) atoms. The molecule has 0 spiro atoms. The zero-order chi connectivity index (χ0) is 20.1. The maximum absolute atomic E-state index is 13.3. The minimum Gasteiger partial charge on any atom is -0.468 e. The highest BCUT2D eigenvalue weighted by Gasteiger charge is 2.38. The molecule has 0 atom stereocenters. The van der Waals surface area contributed by atoms with Crippen molar-refractivity contribution in [2.24, 2.45) is 0 Å². The number of halogens is 1. The van der Waals surface area contributed by atoms with Crippen molar-refractivity contribution in [1.82, 2.24) is 4.90 Å². The van der Waals surface area contributed by atoms with E-state index in [0.717, 1.165) is 0 Å². The maximum atomic E-state index is 13.3. The van der Waals surface area contributed by atoms with Crippen molar-refractivity contribution in [3.05, 3.63) is 64.7 Å². The largest absolute Gasteiger partial charge is 0.468 e. The number of carbonyl (C=O) groups is 2. The molecule has 7 heteroatoms. The van der Waals surface area contributed by atoms with Gasteiger partial charge in [-0.05, 0) is 50.1 Å². The van der Waals surface area contributed by atoms with Gasteiger partial charge in [-0.1, -0.05) is 12.1 Å². The second kappa shape index (κ2) is 9.21. The van der Waals surface area contributed by atoms with Crippen LogP contribution in [0, 0.1) is 5.82 Å². The molecule has 0 saturated carbocycles. The summed E-state index contributed by atoms with van der Waals surface area (Å²) >= 11 is 1.26. The fourth-order valence-corrected chi connectivity index (χ4v) is 3.88. The van der Waals surface area contributed by atoms with Crippen LogP contribution in [-0.2, 0) is 20.1 Å². The molecule has 0 unspecified atom stereocenters. The highest BCUT2D eigenvalue weighted by Crippen LogP contribution is 2.37. The second-order valence-corrected chi connectivity index (χ2v) is 7.60. The van der Waals surface area contributed by atoms with E-state index in [1.165, 1.54) is 40.9 Å². The lowest BCUT2D eigenvalue weighted by Gasteiger charge is -2.15. The highest BCUT2D eigenvalue weighted by molar-refractivity contribution is 8.03. The van der Waals surface area contributed by atoms with Crippen molar-refractivity contribution < 1.29 is 23.1 Å². The van der Waals surface area contributed by atoms with Crippen molar-refractivity contribution >= 4 is 29.1 Å².